The van der Waals surface area contributed by atoms with E-state index in [1.807, 2.05) is 91.0 Å². The van der Waals surface area contributed by atoms with E-state index < -0.39 is 28.0 Å². The number of hydrogen-bond acceptors (Lipinski definition) is 4. The molecule has 37 heavy (non-hydrogen) atoms. The average molecular weight is 515 g/mol. The molecule has 4 aromatic carbocycles. The number of ether oxygens (including phenoxy) is 1. The zero-order valence-corrected chi connectivity index (χ0v) is 21.6. The Labute approximate surface area is 218 Å². The van der Waals surface area contributed by atoms with Crippen LogP contribution >= 0.6 is 0 Å². The lowest BCUT2D eigenvalue weighted by Crippen LogP contribution is -2.49. The highest BCUT2D eigenvalue weighted by molar-refractivity contribution is 7.89. The van der Waals surface area contributed by atoms with Gasteiger partial charge in [-0.05, 0) is 47.7 Å². The average Bonchev–Trinajstić information content (AvgIpc) is 2.92. The highest BCUT2D eigenvalue weighted by atomic mass is 32.2. The van der Waals surface area contributed by atoms with Crippen LogP contribution < -0.4 is 14.8 Å². The molecule has 0 aliphatic heterocycles. The molecule has 4 rings (SSSR count). The van der Waals surface area contributed by atoms with Crippen molar-refractivity contribution in [1.29, 1.82) is 0 Å². The molecule has 0 unspecified atom stereocenters. The van der Waals surface area contributed by atoms with E-state index in [0.717, 1.165) is 22.3 Å². The molecule has 0 saturated carbocycles. The molecule has 7 heteroatoms. The smallest absolute Gasteiger partial charge is 0.244 e. The number of carbonyl (C=O) groups is 1. The van der Waals surface area contributed by atoms with Crippen molar-refractivity contribution in [2.45, 2.75) is 30.3 Å². The van der Waals surface area contributed by atoms with E-state index in [1.165, 1.54) is 13.2 Å². The fourth-order valence-corrected chi connectivity index (χ4v) is 5.62. The molecule has 1 atom stereocenters. The van der Waals surface area contributed by atoms with Crippen molar-refractivity contribution < 1.29 is 17.9 Å². The van der Waals surface area contributed by atoms with Crippen molar-refractivity contribution >= 4 is 15.9 Å². The van der Waals surface area contributed by atoms with Gasteiger partial charge < -0.3 is 10.1 Å². The molecule has 6 nitrogen and oxygen atoms in total. The lowest BCUT2D eigenvalue weighted by atomic mass is 9.97. The van der Waals surface area contributed by atoms with Crippen molar-refractivity contribution in [1.82, 2.24) is 10.0 Å². The van der Waals surface area contributed by atoms with Gasteiger partial charge in [-0.1, -0.05) is 97.1 Å². The van der Waals surface area contributed by atoms with Gasteiger partial charge in [0.05, 0.1) is 13.2 Å². The highest BCUT2D eigenvalue weighted by Gasteiger charge is 2.30. The van der Waals surface area contributed by atoms with Gasteiger partial charge in [0.1, 0.15) is 16.7 Å². The Morgan fingerprint density at radius 2 is 1.35 bits per heavy atom. The zero-order valence-electron chi connectivity index (χ0n) is 20.8. The Morgan fingerprint density at radius 3 is 1.89 bits per heavy atom. The summed E-state index contributed by atoms with van der Waals surface area (Å²) in [6.07, 6.45) is 0.177. The topological polar surface area (TPSA) is 84.5 Å². The van der Waals surface area contributed by atoms with Crippen LogP contribution in [0.25, 0.3) is 0 Å². The number of carbonyl (C=O) groups excluding carboxylic acids is 1. The van der Waals surface area contributed by atoms with Crippen LogP contribution in [0, 0.1) is 6.92 Å². The second-order valence-electron chi connectivity index (χ2n) is 8.78. The number of amides is 1. The van der Waals surface area contributed by atoms with Gasteiger partial charge >= 0.3 is 0 Å². The number of hydrogen-bond donors (Lipinski definition) is 2. The molecule has 0 aliphatic carbocycles. The number of benzene rings is 4. The molecule has 2 N–H and O–H groups in total. The van der Waals surface area contributed by atoms with E-state index in [-0.39, 0.29) is 17.1 Å². The Morgan fingerprint density at radius 1 is 0.811 bits per heavy atom. The summed E-state index contributed by atoms with van der Waals surface area (Å²) < 4.78 is 35.0. The summed E-state index contributed by atoms with van der Waals surface area (Å²) in [6.45, 7) is 1.80. The van der Waals surface area contributed by atoms with Crippen LogP contribution in [0.5, 0.6) is 5.75 Å². The monoisotopic (exact) mass is 514 g/mol. The summed E-state index contributed by atoms with van der Waals surface area (Å²) in [5, 5.41) is 3.09. The van der Waals surface area contributed by atoms with Crippen LogP contribution in [0.15, 0.2) is 114 Å². The lowest BCUT2D eigenvalue weighted by Gasteiger charge is -2.25. The molecular weight excluding hydrogens is 484 g/mol. The third kappa shape index (κ3) is 6.64. The predicted octanol–water partition coefficient (Wildman–Crippen LogP) is 4.80. The summed E-state index contributed by atoms with van der Waals surface area (Å²) in [6, 6.07) is 31.9. The number of rotatable bonds is 10. The Balaban J connectivity index is 1.69. The number of nitrogens with one attached hydrogen (secondary N) is 2. The molecule has 0 radical (unpaired) electrons. The van der Waals surface area contributed by atoms with Crippen LogP contribution in [0.2, 0.25) is 0 Å². The molecule has 0 aromatic heterocycles. The molecule has 0 fully saturated rings. The molecule has 0 aliphatic rings. The van der Waals surface area contributed by atoms with E-state index in [9.17, 15) is 13.2 Å². The van der Waals surface area contributed by atoms with Crippen LogP contribution in [0.1, 0.15) is 28.3 Å². The standard InChI is InChI=1S/C30H30N2O4S/c1-22-18-19-27(36-2)28(20-22)37(34,35)32-26(21-23-12-6-3-7-13-23)30(33)31-29(24-14-8-4-9-15-24)25-16-10-5-11-17-25/h3-20,26,29,32H,21H2,1-2H3,(H,31,33)/t26-/m1/s1. The van der Waals surface area contributed by atoms with Crippen LogP contribution in [-0.4, -0.2) is 27.5 Å². The van der Waals surface area contributed by atoms with Gasteiger partial charge in [0.25, 0.3) is 0 Å². The fraction of sp³-hybridized carbons (Fsp3) is 0.167. The van der Waals surface area contributed by atoms with Crippen LogP contribution in [-0.2, 0) is 21.2 Å². The van der Waals surface area contributed by atoms with Gasteiger partial charge in [-0.15, -0.1) is 0 Å². The van der Waals surface area contributed by atoms with Crippen molar-refractivity contribution in [2.24, 2.45) is 0 Å². The minimum atomic E-state index is -4.09. The maximum Gasteiger partial charge on any atom is 0.244 e. The molecule has 0 spiro atoms. The molecule has 0 heterocycles. The quantitative estimate of drug-likeness (QED) is 0.318. The largest absolute Gasteiger partial charge is 0.495 e. The van der Waals surface area contributed by atoms with Crippen LogP contribution in [0.4, 0.5) is 0 Å². The second-order valence-corrected chi connectivity index (χ2v) is 10.5. The summed E-state index contributed by atoms with van der Waals surface area (Å²) >= 11 is 0. The molecule has 0 bridgehead atoms. The predicted molar refractivity (Wildman–Crippen MR) is 145 cm³/mol. The van der Waals surface area contributed by atoms with Gasteiger partial charge in [-0.2, -0.15) is 4.72 Å². The molecule has 0 saturated heterocycles. The minimum Gasteiger partial charge on any atom is -0.495 e. The number of aryl methyl sites for hydroxylation is 1. The first kappa shape index (κ1) is 26.1. The van der Waals surface area contributed by atoms with Crippen molar-refractivity contribution in [3.05, 3.63) is 131 Å². The third-order valence-electron chi connectivity index (χ3n) is 6.06. The molecule has 1 amide bonds. The Hall–Kier alpha value is -3.94. The SMILES string of the molecule is COc1ccc(C)cc1S(=O)(=O)N[C@H](Cc1ccccc1)C(=O)NC(c1ccccc1)c1ccccc1. The van der Waals surface area contributed by atoms with Crippen molar-refractivity contribution in [2.75, 3.05) is 7.11 Å². The van der Waals surface area contributed by atoms with Gasteiger partial charge in [-0.3, -0.25) is 4.79 Å². The first-order chi connectivity index (χ1) is 17.9. The maximum absolute atomic E-state index is 13.8. The van der Waals surface area contributed by atoms with Crippen molar-refractivity contribution in [3.63, 3.8) is 0 Å². The Bertz CT molecular complexity index is 1390. The molecular formula is C30H30N2O4S. The van der Waals surface area contributed by atoms with E-state index >= 15 is 0 Å². The van der Waals surface area contributed by atoms with E-state index in [0.29, 0.717) is 0 Å². The Kier molecular flexibility index (Phi) is 8.38. The second kappa shape index (κ2) is 11.9. The first-order valence-electron chi connectivity index (χ1n) is 12.0. The number of methoxy groups -OCH3 is 1. The van der Waals surface area contributed by atoms with E-state index in [4.69, 9.17) is 4.74 Å². The van der Waals surface area contributed by atoms with Crippen LogP contribution in [0.3, 0.4) is 0 Å². The van der Waals surface area contributed by atoms with Gasteiger partial charge in [0.2, 0.25) is 15.9 Å². The molecule has 190 valence electrons. The third-order valence-corrected chi connectivity index (χ3v) is 7.55. The first-order valence-corrected chi connectivity index (χ1v) is 13.5. The molecule has 4 aromatic rings. The normalized spacial score (nSPS) is 12.2. The van der Waals surface area contributed by atoms with E-state index in [1.54, 1.807) is 19.1 Å². The summed E-state index contributed by atoms with van der Waals surface area (Å²) in [7, 11) is -2.67. The fourth-order valence-electron chi connectivity index (χ4n) is 4.18. The highest BCUT2D eigenvalue weighted by Crippen LogP contribution is 2.26. The maximum atomic E-state index is 13.8. The summed E-state index contributed by atoms with van der Waals surface area (Å²) in [5.41, 5.74) is 3.38. The number of sulfonamides is 1. The summed E-state index contributed by atoms with van der Waals surface area (Å²) in [4.78, 5) is 13.8. The zero-order chi connectivity index (χ0) is 26.3. The van der Waals surface area contributed by atoms with Gasteiger partial charge in [-0.25, -0.2) is 8.42 Å². The van der Waals surface area contributed by atoms with E-state index in [2.05, 4.69) is 10.0 Å². The van der Waals surface area contributed by atoms with Gasteiger partial charge in [0.15, 0.2) is 0 Å². The van der Waals surface area contributed by atoms with Crippen molar-refractivity contribution in [3.8, 4) is 5.75 Å². The summed E-state index contributed by atoms with van der Waals surface area (Å²) in [5.74, 6) is -0.222. The van der Waals surface area contributed by atoms with Gasteiger partial charge in [0, 0.05) is 0 Å². The minimum absolute atomic E-state index is 0.0106. The lowest BCUT2D eigenvalue weighted by molar-refractivity contribution is -0.123.